The number of methoxy groups -OCH3 is 1. The van der Waals surface area contributed by atoms with E-state index in [1.165, 1.54) is 32.2 Å². The highest BCUT2D eigenvalue weighted by molar-refractivity contribution is 7.90. The van der Waals surface area contributed by atoms with Crippen LogP contribution in [0, 0.1) is 6.92 Å². The number of halogens is 4. The van der Waals surface area contributed by atoms with Gasteiger partial charge in [0.15, 0.2) is 0 Å². The van der Waals surface area contributed by atoms with Gasteiger partial charge in [-0.15, -0.1) is 0 Å². The van der Waals surface area contributed by atoms with Gasteiger partial charge in [-0.2, -0.15) is 43.1 Å². The lowest BCUT2D eigenvalue weighted by molar-refractivity contribution is -0.134. The number of sulfonamides is 1. The number of ether oxygens (including phenoxy) is 1. The average Bonchev–Trinajstić information content (AvgIpc) is 2.85. The van der Waals surface area contributed by atoms with Gasteiger partial charge in [-0.1, -0.05) is 18.2 Å². The molecule has 0 saturated heterocycles. The number of rotatable bonds is 9. The fraction of sp³-hybridized carbons (Fsp3) is 0.458. The molecule has 43 heavy (non-hydrogen) atoms. The Balaban J connectivity index is 0.000000362. The Morgan fingerprint density at radius 3 is 2.23 bits per heavy atom. The van der Waals surface area contributed by atoms with E-state index < -0.39 is 40.0 Å². The number of aryl methyl sites for hydroxylation is 2. The monoisotopic (exact) mass is 648 g/mol. The number of anilines is 3. The lowest BCUT2D eigenvalue weighted by Gasteiger charge is -2.20. The first-order chi connectivity index (χ1) is 19.9. The molecule has 4 N–H and O–H groups in total. The van der Waals surface area contributed by atoms with Gasteiger partial charge < -0.3 is 15.4 Å². The number of aromatic nitrogens is 6. The molecule has 2 aromatic heterocycles. The Bertz CT molecular complexity index is 1510. The van der Waals surface area contributed by atoms with Gasteiger partial charge in [-0.05, 0) is 64.3 Å². The first-order valence-electron chi connectivity index (χ1n) is 12.6. The molecule has 3 rings (SSSR count). The molecule has 0 bridgehead atoms. The average molecular weight is 649 g/mol. The summed E-state index contributed by atoms with van der Waals surface area (Å²) in [6, 6.07) is 3.81. The minimum Gasteiger partial charge on any atom is -0.467 e. The van der Waals surface area contributed by atoms with Crippen LogP contribution in [0.15, 0.2) is 29.2 Å². The molecule has 3 aromatic rings. The van der Waals surface area contributed by atoms with Gasteiger partial charge in [-0.3, -0.25) is 5.32 Å². The lowest BCUT2D eigenvalue weighted by atomic mass is 10.1. The van der Waals surface area contributed by atoms with Crippen molar-refractivity contribution < 1.29 is 31.1 Å². The van der Waals surface area contributed by atoms with Crippen LogP contribution in [0.5, 0.6) is 6.01 Å². The molecule has 2 heterocycles. The number of nitrogens with zero attached hydrogens (tertiary/aromatic N) is 6. The van der Waals surface area contributed by atoms with E-state index in [1.807, 2.05) is 27.7 Å². The summed E-state index contributed by atoms with van der Waals surface area (Å²) in [7, 11) is -3.14. The second kappa shape index (κ2) is 14.9. The van der Waals surface area contributed by atoms with Gasteiger partial charge in [-0.25, -0.2) is 17.9 Å². The maximum atomic E-state index is 12.5. The number of alkyl halides is 3. The van der Waals surface area contributed by atoms with Crippen LogP contribution in [0.1, 0.15) is 45.5 Å². The molecule has 0 spiro atoms. The van der Waals surface area contributed by atoms with Crippen molar-refractivity contribution in [2.75, 3.05) is 29.6 Å². The molecule has 0 atom stereocenters. The van der Waals surface area contributed by atoms with Crippen LogP contribution in [0.3, 0.4) is 0 Å². The smallest absolute Gasteiger partial charge is 0.389 e. The topological polar surface area (TPSA) is 186 Å². The van der Waals surface area contributed by atoms with Crippen LogP contribution in [0.2, 0.25) is 5.28 Å². The zero-order chi connectivity index (χ0) is 32.4. The first kappa shape index (κ1) is 35.1. The predicted octanol–water partition coefficient (Wildman–Crippen LogP) is 4.36. The third-order valence-corrected chi connectivity index (χ3v) is 6.33. The molecule has 14 nitrogen and oxygen atoms in total. The Hall–Kier alpha value is -4.06. The second-order valence-electron chi connectivity index (χ2n) is 9.63. The largest absolute Gasteiger partial charge is 0.467 e. The second-order valence-corrected chi connectivity index (χ2v) is 11.6. The Labute approximate surface area is 251 Å². The molecule has 0 aliphatic rings. The van der Waals surface area contributed by atoms with Crippen molar-refractivity contribution in [1.82, 2.24) is 34.6 Å². The van der Waals surface area contributed by atoms with E-state index in [9.17, 15) is 26.4 Å². The van der Waals surface area contributed by atoms with E-state index >= 15 is 0 Å². The number of hydrogen-bond donors (Lipinski definition) is 4. The molecular weight excluding hydrogens is 617 g/mol. The highest BCUT2D eigenvalue weighted by Crippen LogP contribution is 2.25. The van der Waals surface area contributed by atoms with Crippen molar-refractivity contribution in [3.05, 3.63) is 40.9 Å². The van der Waals surface area contributed by atoms with Crippen molar-refractivity contribution in [3.8, 4) is 6.01 Å². The van der Waals surface area contributed by atoms with E-state index in [4.69, 9.17) is 16.3 Å². The molecule has 1 aromatic carbocycles. The number of benzene rings is 1. The molecule has 236 valence electrons. The van der Waals surface area contributed by atoms with Crippen LogP contribution in [-0.2, 0) is 16.4 Å². The zero-order valence-corrected chi connectivity index (χ0v) is 25.7. The quantitative estimate of drug-likeness (QED) is 0.257. The first-order valence-corrected chi connectivity index (χ1v) is 14.5. The fourth-order valence-corrected chi connectivity index (χ4v) is 4.47. The van der Waals surface area contributed by atoms with E-state index in [-0.39, 0.29) is 34.2 Å². The van der Waals surface area contributed by atoms with Gasteiger partial charge in [0, 0.05) is 18.5 Å². The standard InChI is InChI=1S/C15H16F3N5O4S.C9H16ClN5/c1-9-19-12(22-14(20-9)27-2)21-13(24)23-28(25,26)11-6-4-3-5-10(11)7-8-15(16,17)18;1-5-11-7-12-6(10)13-8(14-7)15-9(2,3)4/h3-6H,7-8H2,1-2H3,(H2,19,20,21,22,23,24);5H2,1-4H3,(H2,11,12,13,14,15). The molecule has 0 unspecified atom stereocenters. The van der Waals surface area contributed by atoms with Crippen molar-refractivity contribution >= 4 is 45.5 Å². The summed E-state index contributed by atoms with van der Waals surface area (Å²) in [6.45, 7) is 10.3. The fourth-order valence-electron chi connectivity index (χ4n) is 3.14. The van der Waals surface area contributed by atoms with E-state index in [2.05, 4.69) is 45.9 Å². The van der Waals surface area contributed by atoms with Crippen LogP contribution in [-0.4, -0.2) is 69.7 Å². The minimum atomic E-state index is -4.45. The maximum Gasteiger partial charge on any atom is 0.389 e. The number of amides is 2. The van der Waals surface area contributed by atoms with Crippen molar-refractivity contribution in [2.45, 2.75) is 64.1 Å². The predicted molar refractivity (Wildman–Crippen MR) is 154 cm³/mol. The number of hydrogen-bond acceptors (Lipinski definition) is 12. The summed E-state index contributed by atoms with van der Waals surface area (Å²) in [6.07, 6.45) is -6.20. The molecule has 19 heteroatoms. The summed E-state index contributed by atoms with van der Waals surface area (Å²) < 4.78 is 68.8. The molecule has 0 saturated carbocycles. The van der Waals surface area contributed by atoms with Crippen molar-refractivity contribution in [3.63, 3.8) is 0 Å². The Morgan fingerprint density at radius 1 is 0.977 bits per heavy atom. The third-order valence-electron chi connectivity index (χ3n) is 4.73. The number of carbonyl (C=O) groups is 1. The van der Waals surface area contributed by atoms with Crippen LogP contribution >= 0.6 is 11.6 Å². The summed E-state index contributed by atoms with van der Waals surface area (Å²) in [5.74, 6) is 0.924. The summed E-state index contributed by atoms with van der Waals surface area (Å²) in [4.78, 5) is 35.1. The van der Waals surface area contributed by atoms with Crippen LogP contribution in [0.4, 0.5) is 35.8 Å². The molecule has 0 aliphatic carbocycles. The van der Waals surface area contributed by atoms with Gasteiger partial charge in [0.2, 0.25) is 23.1 Å². The highest BCUT2D eigenvalue weighted by atomic mass is 35.5. The normalized spacial score (nSPS) is 11.6. The Morgan fingerprint density at radius 2 is 1.63 bits per heavy atom. The molecule has 0 radical (unpaired) electrons. The molecule has 0 fully saturated rings. The van der Waals surface area contributed by atoms with Gasteiger partial charge in [0.05, 0.1) is 12.0 Å². The van der Waals surface area contributed by atoms with Crippen LogP contribution in [0.25, 0.3) is 0 Å². The summed E-state index contributed by atoms with van der Waals surface area (Å²) >= 11 is 5.77. The maximum absolute atomic E-state index is 12.5. The van der Waals surface area contributed by atoms with E-state index in [0.29, 0.717) is 11.9 Å². The zero-order valence-electron chi connectivity index (χ0n) is 24.2. The highest BCUT2D eigenvalue weighted by Gasteiger charge is 2.29. The summed E-state index contributed by atoms with van der Waals surface area (Å²) in [5.41, 5.74) is -0.174. The van der Waals surface area contributed by atoms with E-state index in [0.717, 1.165) is 12.6 Å². The van der Waals surface area contributed by atoms with E-state index in [1.54, 1.807) is 4.72 Å². The molecule has 2 amide bonds. The van der Waals surface area contributed by atoms with Crippen molar-refractivity contribution in [1.29, 1.82) is 0 Å². The van der Waals surface area contributed by atoms with Gasteiger partial charge in [0.1, 0.15) is 5.82 Å². The SMILES string of the molecule is CCNc1nc(Cl)nc(NC(C)(C)C)n1.COc1nc(C)nc(NC(=O)NS(=O)(=O)c2ccccc2CCC(F)(F)F)n1. The van der Waals surface area contributed by atoms with Gasteiger partial charge >= 0.3 is 18.2 Å². The number of urea groups is 1. The molecule has 0 aliphatic heterocycles. The Kier molecular flexibility index (Phi) is 12.2. The minimum absolute atomic E-state index is 0.0715. The van der Waals surface area contributed by atoms with Crippen LogP contribution < -0.4 is 25.4 Å². The number of nitrogens with one attached hydrogen (secondary N) is 4. The molecular formula is C24H32ClF3N10O4S. The number of carbonyl (C=O) groups excluding carboxylic acids is 1. The van der Waals surface area contributed by atoms with Crippen molar-refractivity contribution in [2.24, 2.45) is 0 Å². The summed E-state index contributed by atoms with van der Waals surface area (Å²) in [5, 5.41) is 8.42. The lowest BCUT2D eigenvalue weighted by Crippen LogP contribution is -2.35. The van der Waals surface area contributed by atoms with Gasteiger partial charge in [0.25, 0.3) is 10.0 Å². The third kappa shape index (κ3) is 12.8.